The van der Waals surface area contributed by atoms with E-state index in [0.717, 1.165) is 38.5 Å². The van der Waals surface area contributed by atoms with Gasteiger partial charge in [0.1, 0.15) is 0 Å². The molecule has 0 fully saturated rings. The molecule has 0 aromatic carbocycles. The third-order valence-corrected chi connectivity index (χ3v) is 3.17. The highest BCUT2D eigenvalue weighted by molar-refractivity contribution is 5.84. The summed E-state index contributed by atoms with van der Waals surface area (Å²) in [5.41, 5.74) is 0.176. The fraction of sp³-hybridized carbons (Fsp3) is 0.722. The van der Waals surface area contributed by atoms with Crippen LogP contribution >= 0.6 is 0 Å². The Balaban J connectivity index is -0.000000369. The first-order chi connectivity index (χ1) is 12.6. The van der Waals surface area contributed by atoms with Gasteiger partial charge in [0.25, 0.3) is 0 Å². The lowest BCUT2D eigenvalue weighted by Gasteiger charge is -2.02. The molecule has 0 aliphatic rings. The fourth-order valence-electron chi connectivity index (χ4n) is 1.43. The van der Waals surface area contributed by atoms with Crippen LogP contribution in [0.1, 0.15) is 58.3 Å². The van der Waals surface area contributed by atoms with Crippen LogP contribution in [0.3, 0.4) is 0 Å². The number of unbranched alkanes of at least 4 members (excludes halogenated alkanes) is 5. The van der Waals surface area contributed by atoms with Gasteiger partial charge in [-0.2, -0.15) is 0 Å². The predicted molar refractivity (Wildman–Crippen MR) is 99.4 cm³/mol. The van der Waals surface area contributed by atoms with E-state index in [1.807, 2.05) is 0 Å². The summed E-state index contributed by atoms with van der Waals surface area (Å²) in [6, 6.07) is 0. The second kappa shape index (κ2) is 22.1. The van der Waals surface area contributed by atoms with Gasteiger partial charge in [0, 0.05) is 24.3 Å². The Morgan fingerprint density at radius 2 is 0.963 bits per heavy atom. The summed E-state index contributed by atoms with van der Waals surface area (Å²) in [7, 11) is 0. The van der Waals surface area contributed by atoms with Crippen LogP contribution in [0.4, 0.5) is 0 Å². The van der Waals surface area contributed by atoms with Crippen LogP contribution in [0.15, 0.2) is 12.2 Å². The number of rotatable bonds is 13. The highest BCUT2D eigenvalue weighted by atomic mass is 16.4. The Labute approximate surface area is 160 Å². The molecule has 0 rings (SSSR count). The highest BCUT2D eigenvalue weighted by Gasteiger charge is 2.00. The SMILES string of the molecule is C=C(C)C(=O)O.O=C(O)CCCCCCCCC(=O)O.OCC(CO)CO. The smallest absolute Gasteiger partial charge is 0.330 e. The number of aliphatic hydroxyl groups is 3. The quantitative estimate of drug-likeness (QED) is 0.200. The van der Waals surface area contributed by atoms with E-state index in [-0.39, 0.29) is 44.2 Å². The summed E-state index contributed by atoms with van der Waals surface area (Å²) in [4.78, 5) is 29.9. The Morgan fingerprint density at radius 1 is 0.704 bits per heavy atom. The van der Waals surface area contributed by atoms with Gasteiger partial charge in [-0.05, 0) is 19.8 Å². The molecule has 0 amide bonds. The van der Waals surface area contributed by atoms with Gasteiger partial charge in [0.2, 0.25) is 0 Å². The summed E-state index contributed by atoms with van der Waals surface area (Å²) in [5.74, 6) is -2.76. The van der Waals surface area contributed by atoms with Crippen molar-refractivity contribution in [2.24, 2.45) is 5.92 Å². The van der Waals surface area contributed by atoms with Crippen molar-refractivity contribution in [3.63, 3.8) is 0 Å². The van der Waals surface area contributed by atoms with E-state index in [1.165, 1.54) is 6.92 Å². The summed E-state index contributed by atoms with van der Waals surface area (Å²) < 4.78 is 0. The second-order valence-electron chi connectivity index (χ2n) is 5.91. The number of aliphatic carboxylic acids is 3. The third kappa shape index (κ3) is 32.2. The van der Waals surface area contributed by atoms with Crippen molar-refractivity contribution >= 4 is 17.9 Å². The normalized spacial score (nSPS) is 9.52. The molecule has 27 heavy (non-hydrogen) atoms. The van der Waals surface area contributed by atoms with Crippen LogP contribution in [0, 0.1) is 5.92 Å². The minimum atomic E-state index is -0.935. The van der Waals surface area contributed by atoms with Crippen molar-refractivity contribution in [1.29, 1.82) is 0 Å². The van der Waals surface area contributed by atoms with Gasteiger partial charge in [0.05, 0.1) is 19.8 Å². The number of aliphatic hydroxyl groups excluding tert-OH is 3. The molecule has 0 aromatic heterocycles. The molecule has 0 aromatic rings. The molecular weight excluding hydrogens is 360 g/mol. The van der Waals surface area contributed by atoms with Crippen molar-refractivity contribution in [3.8, 4) is 0 Å². The average molecular weight is 394 g/mol. The second-order valence-corrected chi connectivity index (χ2v) is 5.91. The molecule has 9 heteroatoms. The maximum Gasteiger partial charge on any atom is 0.330 e. The van der Waals surface area contributed by atoms with E-state index in [2.05, 4.69) is 6.58 Å². The molecule has 0 saturated heterocycles. The summed E-state index contributed by atoms with van der Waals surface area (Å²) in [6.45, 7) is 4.16. The minimum absolute atomic E-state index is 0.146. The number of carbonyl (C=O) groups is 3. The van der Waals surface area contributed by atoms with Gasteiger partial charge in [-0.1, -0.05) is 32.3 Å². The Kier molecular flexibility index (Phi) is 24.3. The van der Waals surface area contributed by atoms with E-state index in [0.29, 0.717) is 0 Å². The molecule has 0 spiro atoms. The average Bonchev–Trinajstić information content (AvgIpc) is 2.59. The van der Waals surface area contributed by atoms with Gasteiger partial charge in [0.15, 0.2) is 0 Å². The number of hydrogen-bond acceptors (Lipinski definition) is 6. The Hall–Kier alpha value is -1.97. The van der Waals surface area contributed by atoms with Gasteiger partial charge < -0.3 is 30.6 Å². The van der Waals surface area contributed by atoms with Gasteiger partial charge in [-0.25, -0.2) is 4.79 Å². The van der Waals surface area contributed by atoms with Crippen LogP contribution in [-0.4, -0.2) is 68.4 Å². The summed E-state index contributed by atoms with van der Waals surface area (Å²) in [6.07, 6.45) is 5.82. The van der Waals surface area contributed by atoms with Crippen molar-refractivity contribution in [3.05, 3.63) is 12.2 Å². The fourth-order valence-corrected chi connectivity index (χ4v) is 1.43. The third-order valence-electron chi connectivity index (χ3n) is 3.17. The van der Waals surface area contributed by atoms with Crippen LogP contribution < -0.4 is 0 Å². The lowest BCUT2D eigenvalue weighted by Crippen LogP contribution is -2.14. The van der Waals surface area contributed by atoms with E-state index in [9.17, 15) is 14.4 Å². The van der Waals surface area contributed by atoms with Crippen LogP contribution in [0.25, 0.3) is 0 Å². The zero-order chi connectivity index (χ0) is 21.7. The number of carboxylic acid groups (broad SMARTS) is 3. The van der Waals surface area contributed by atoms with Crippen LogP contribution in [0.5, 0.6) is 0 Å². The molecule has 160 valence electrons. The molecular formula is C18H34O9. The molecule has 0 bridgehead atoms. The van der Waals surface area contributed by atoms with Crippen LogP contribution in [-0.2, 0) is 14.4 Å². The van der Waals surface area contributed by atoms with Crippen molar-refractivity contribution in [2.75, 3.05) is 19.8 Å². The molecule has 6 N–H and O–H groups in total. The van der Waals surface area contributed by atoms with E-state index in [1.54, 1.807) is 0 Å². The van der Waals surface area contributed by atoms with Gasteiger partial charge >= 0.3 is 17.9 Å². The maximum absolute atomic E-state index is 10.1. The van der Waals surface area contributed by atoms with Crippen molar-refractivity contribution in [1.82, 2.24) is 0 Å². The Morgan fingerprint density at radius 3 is 1.11 bits per heavy atom. The zero-order valence-electron chi connectivity index (χ0n) is 16.0. The molecule has 0 aliphatic carbocycles. The van der Waals surface area contributed by atoms with Crippen LogP contribution in [0.2, 0.25) is 0 Å². The van der Waals surface area contributed by atoms with E-state index in [4.69, 9.17) is 30.6 Å². The van der Waals surface area contributed by atoms with Gasteiger partial charge in [-0.15, -0.1) is 0 Å². The predicted octanol–water partition coefficient (Wildman–Crippen LogP) is 1.50. The number of carboxylic acids is 3. The van der Waals surface area contributed by atoms with E-state index < -0.39 is 17.9 Å². The van der Waals surface area contributed by atoms with Crippen molar-refractivity contribution in [2.45, 2.75) is 58.3 Å². The summed E-state index contributed by atoms with van der Waals surface area (Å²) >= 11 is 0. The topological polar surface area (TPSA) is 173 Å². The largest absolute Gasteiger partial charge is 0.481 e. The maximum atomic E-state index is 10.1. The number of hydrogen-bond donors (Lipinski definition) is 6. The van der Waals surface area contributed by atoms with E-state index >= 15 is 0 Å². The molecule has 9 nitrogen and oxygen atoms in total. The monoisotopic (exact) mass is 394 g/mol. The molecule has 0 saturated carbocycles. The molecule has 0 radical (unpaired) electrons. The summed E-state index contributed by atoms with van der Waals surface area (Å²) in [5, 5.41) is 49.2. The van der Waals surface area contributed by atoms with Gasteiger partial charge in [-0.3, -0.25) is 9.59 Å². The van der Waals surface area contributed by atoms with Crippen molar-refractivity contribution < 1.29 is 45.0 Å². The zero-order valence-corrected chi connectivity index (χ0v) is 16.0. The lowest BCUT2D eigenvalue weighted by atomic mass is 10.1. The Bertz CT molecular complexity index is 366. The minimum Gasteiger partial charge on any atom is -0.481 e. The highest BCUT2D eigenvalue weighted by Crippen LogP contribution is 2.08. The first-order valence-corrected chi connectivity index (χ1v) is 8.77. The molecule has 0 heterocycles. The molecule has 0 unspecified atom stereocenters. The molecule has 0 atom stereocenters. The lowest BCUT2D eigenvalue weighted by molar-refractivity contribution is -0.138. The molecule has 0 aliphatic heterocycles. The first-order valence-electron chi connectivity index (χ1n) is 8.77. The first kappa shape index (κ1) is 29.8. The standard InChI is InChI=1S/C10H18O4.C4H10O3.C4H6O2/c11-9(12)7-5-3-1-2-4-6-8-10(13)14;5-1-4(2-6)3-7;1-3(2)4(5)6/h1-8H2,(H,11,12)(H,13,14);4-7H,1-3H2;1H2,2H3,(H,5,6).